The molecule has 4 nitrogen and oxygen atoms in total. The summed E-state index contributed by atoms with van der Waals surface area (Å²) < 4.78 is 107. The van der Waals surface area contributed by atoms with Gasteiger partial charge < -0.3 is 9.47 Å². The van der Waals surface area contributed by atoms with Crippen molar-refractivity contribution in [2.24, 2.45) is 0 Å². The second-order valence-corrected chi connectivity index (χ2v) is 3.70. The lowest BCUT2D eigenvalue weighted by Gasteiger charge is -2.28. The number of halogens is 8. The molecule has 0 aliphatic rings. The average Bonchev–Trinajstić information content (AvgIpc) is 2.32. The maximum absolute atomic E-state index is 12.9. The van der Waals surface area contributed by atoms with Gasteiger partial charge in [-0.15, -0.1) is 0 Å². The highest BCUT2D eigenvalue weighted by molar-refractivity contribution is 5.91. The van der Waals surface area contributed by atoms with Crippen molar-refractivity contribution in [3.63, 3.8) is 0 Å². The molecule has 0 radical (unpaired) electrons. The molecule has 0 aromatic carbocycles. The maximum atomic E-state index is 12.9. The number of methoxy groups -OCH3 is 1. The fourth-order valence-electron chi connectivity index (χ4n) is 0.946. The van der Waals surface area contributed by atoms with Crippen molar-refractivity contribution in [1.82, 2.24) is 0 Å². The largest absolute Gasteiger partial charge is 0.469 e. The SMILES string of the molecule is COC(=O)C=CC(=O)OC(F)(F)C(F)(F)C(F)CC(F)(F)F. The summed E-state index contributed by atoms with van der Waals surface area (Å²) in [5.41, 5.74) is 0. The minimum Gasteiger partial charge on any atom is -0.466 e. The summed E-state index contributed by atoms with van der Waals surface area (Å²) in [6.07, 6.45) is -18.4. The molecule has 0 aliphatic heterocycles. The van der Waals surface area contributed by atoms with Crippen molar-refractivity contribution in [1.29, 1.82) is 0 Å². The molecule has 0 saturated heterocycles. The Hall–Kier alpha value is -1.88. The Kier molecular flexibility index (Phi) is 6.33. The number of hydrogen-bond acceptors (Lipinski definition) is 4. The predicted molar refractivity (Wildman–Crippen MR) is 52.7 cm³/mol. The highest BCUT2D eigenvalue weighted by atomic mass is 19.4. The molecule has 0 fully saturated rings. The molecule has 128 valence electrons. The topological polar surface area (TPSA) is 52.6 Å². The van der Waals surface area contributed by atoms with E-state index in [1.807, 2.05) is 0 Å². The van der Waals surface area contributed by atoms with Crippen molar-refractivity contribution in [2.75, 3.05) is 7.11 Å². The number of rotatable bonds is 6. The molecule has 0 spiro atoms. The van der Waals surface area contributed by atoms with Gasteiger partial charge in [-0.2, -0.15) is 30.7 Å². The molecule has 0 bridgehead atoms. The Morgan fingerprint density at radius 3 is 1.86 bits per heavy atom. The van der Waals surface area contributed by atoms with E-state index in [-0.39, 0.29) is 12.2 Å². The monoisotopic (exact) mass is 344 g/mol. The Morgan fingerprint density at radius 2 is 1.45 bits per heavy atom. The Bertz CT molecular complexity index is 443. The number of esters is 2. The zero-order valence-electron chi connectivity index (χ0n) is 10.6. The second-order valence-electron chi connectivity index (χ2n) is 3.70. The number of hydrogen-bond donors (Lipinski definition) is 0. The van der Waals surface area contributed by atoms with Gasteiger partial charge in [-0.25, -0.2) is 14.0 Å². The number of alkyl halides is 8. The van der Waals surface area contributed by atoms with E-state index in [1.54, 1.807) is 0 Å². The average molecular weight is 344 g/mol. The van der Waals surface area contributed by atoms with Crippen LogP contribution in [-0.2, 0) is 19.1 Å². The van der Waals surface area contributed by atoms with Crippen LogP contribution in [0.5, 0.6) is 0 Å². The van der Waals surface area contributed by atoms with Crippen molar-refractivity contribution in [3.05, 3.63) is 12.2 Å². The maximum Gasteiger partial charge on any atom is 0.469 e. The van der Waals surface area contributed by atoms with Gasteiger partial charge in [0.2, 0.25) is 0 Å². The molecule has 0 aliphatic carbocycles. The van der Waals surface area contributed by atoms with Gasteiger partial charge in [-0.3, -0.25) is 0 Å². The fourth-order valence-corrected chi connectivity index (χ4v) is 0.946. The highest BCUT2D eigenvalue weighted by Gasteiger charge is 2.66. The van der Waals surface area contributed by atoms with Gasteiger partial charge in [0.05, 0.1) is 13.5 Å². The summed E-state index contributed by atoms with van der Waals surface area (Å²) >= 11 is 0. The predicted octanol–water partition coefficient (Wildman–Crippen LogP) is 2.78. The van der Waals surface area contributed by atoms with E-state index in [1.165, 1.54) is 0 Å². The highest BCUT2D eigenvalue weighted by Crippen LogP contribution is 2.42. The molecule has 0 heterocycles. The summed E-state index contributed by atoms with van der Waals surface area (Å²) in [6.45, 7) is 0. The van der Waals surface area contributed by atoms with E-state index in [2.05, 4.69) is 9.47 Å². The van der Waals surface area contributed by atoms with E-state index in [0.717, 1.165) is 7.11 Å². The first-order valence-electron chi connectivity index (χ1n) is 5.18. The molecule has 12 heteroatoms. The number of carbonyl (C=O) groups excluding carboxylic acids is 2. The van der Waals surface area contributed by atoms with Crippen LogP contribution in [0.3, 0.4) is 0 Å². The first-order valence-corrected chi connectivity index (χ1v) is 5.18. The summed E-state index contributed by atoms with van der Waals surface area (Å²) in [7, 11) is 0.839. The van der Waals surface area contributed by atoms with Crippen molar-refractivity contribution in [3.8, 4) is 0 Å². The standard InChI is InChI=1S/C10H8F8O4/c1-21-6(19)2-3-7(20)22-10(17,18)9(15,16)5(11)4-8(12,13)14/h2-3,5H,4H2,1H3. The van der Waals surface area contributed by atoms with E-state index in [4.69, 9.17) is 0 Å². The summed E-state index contributed by atoms with van der Waals surface area (Å²) in [5.74, 6) is -9.38. The minimum atomic E-state index is -5.93. The van der Waals surface area contributed by atoms with Crippen LogP contribution in [0.1, 0.15) is 6.42 Å². The first kappa shape index (κ1) is 20.1. The molecule has 0 aromatic rings. The van der Waals surface area contributed by atoms with Crippen LogP contribution in [0.4, 0.5) is 35.1 Å². The molecule has 0 aromatic heterocycles. The zero-order chi connectivity index (χ0) is 17.8. The lowest BCUT2D eigenvalue weighted by molar-refractivity contribution is -0.349. The van der Waals surface area contributed by atoms with E-state index >= 15 is 0 Å². The quantitative estimate of drug-likeness (QED) is 0.422. The summed E-state index contributed by atoms with van der Waals surface area (Å²) in [4.78, 5) is 21.3. The smallest absolute Gasteiger partial charge is 0.466 e. The molecule has 0 amide bonds. The number of carbonyl (C=O) groups is 2. The van der Waals surface area contributed by atoms with Crippen molar-refractivity contribution >= 4 is 11.9 Å². The molecule has 0 N–H and O–H groups in total. The van der Waals surface area contributed by atoms with Gasteiger partial charge in [0.1, 0.15) is 0 Å². The van der Waals surface area contributed by atoms with Gasteiger partial charge in [0.25, 0.3) is 0 Å². The molecule has 0 rings (SSSR count). The third-order valence-corrected chi connectivity index (χ3v) is 1.98. The van der Waals surface area contributed by atoms with Crippen LogP contribution in [0.2, 0.25) is 0 Å². The van der Waals surface area contributed by atoms with E-state index in [9.17, 15) is 44.7 Å². The fraction of sp³-hybridized carbons (Fsp3) is 0.600. The molecule has 1 unspecified atom stereocenters. The van der Waals surface area contributed by atoms with Crippen LogP contribution in [0.25, 0.3) is 0 Å². The van der Waals surface area contributed by atoms with Gasteiger partial charge in [-0.1, -0.05) is 0 Å². The zero-order valence-corrected chi connectivity index (χ0v) is 10.6. The summed E-state index contributed by atoms with van der Waals surface area (Å²) in [5, 5.41) is 0. The molecular formula is C10H8F8O4. The molecule has 0 saturated carbocycles. The van der Waals surface area contributed by atoms with Crippen LogP contribution in [0.15, 0.2) is 12.2 Å². The van der Waals surface area contributed by atoms with Gasteiger partial charge in [-0.05, 0) is 0 Å². The third-order valence-electron chi connectivity index (χ3n) is 1.98. The van der Waals surface area contributed by atoms with Crippen molar-refractivity contribution < 1.29 is 54.2 Å². The van der Waals surface area contributed by atoms with Crippen LogP contribution >= 0.6 is 0 Å². The Balaban J connectivity index is 5.00. The van der Waals surface area contributed by atoms with Gasteiger partial charge in [0, 0.05) is 12.2 Å². The first-order chi connectivity index (χ1) is 9.73. The Labute approximate surface area is 117 Å². The Morgan fingerprint density at radius 1 is 1.00 bits per heavy atom. The van der Waals surface area contributed by atoms with Gasteiger partial charge >= 0.3 is 30.1 Å². The van der Waals surface area contributed by atoms with E-state index < -0.39 is 42.7 Å². The minimum absolute atomic E-state index is 0.0488. The van der Waals surface area contributed by atoms with Crippen molar-refractivity contribution in [2.45, 2.75) is 30.8 Å². The number of ether oxygens (including phenoxy) is 2. The van der Waals surface area contributed by atoms with E-state index in [0.29, 0.717) is 0 Å². The molecule has 1 atom stereocenters. The van der Waals surface area contributed by atoms with Crippen LogP contribution in [0, 0.1) is 0 Å². The molecule has 22 heavy (non-hydrogen) atoms. The van der Waals surface area contributed by atoms with Crippen LogP contribution < -0.4 is 0 Å². The third kappa shape index (κ3) is 5.85. The lowest BCUT2D eigenvalue weighted by atomic mass is 10.1. The van der Waals surface area contributed by atoms with Gasteiger partial charge in [0.15, 0.2) is 6.17 Å². The van der Waals surface area contributed by atoms with Crippen LogP contribution in [-0.4, -0.2) is 43.4 Å². The summed E-state index contributed by atoms with van der Waals surface area (Å²) in [6, 6.07) is 0. The lowest BCUT2D eigenvalue weighted by Crippen LogP contribution is -2.51. The molecular weight excluding hydrogens is 336 g/mol. The normalized spacial score (nSPS) is 14.8. The second kappa shape index (κ2) is 6.92.